The Morgan fingerprint density at radius 2 is 1.80 bits per heavy atom. The van der Waals surface area contributed by atoms with Crippen LogP contribution in [0.3, 0.4) is 0 Å². The van der Waals surface area contributed by atoms with Crippen molar-refractivity contribution in [2.75, 3.05) is 17.3 Å². The lowest BCUT2D eigenvalue weighted by molar-refractivity contribution is -0.118. The van der Waals surface area contributed by atoms with E-state index in [0.29, 0.717) is 22.3 Å². The summed E-state index contributed by atoms with van der Waals surface area (Å²) in [5.74, 6) is -1.51. The van der Waals surface area contributed by atoms with E-state index in [1.54, 1.807) is 54.1 Å². The van der Waals surface area contributed by atoms with Gasteiger partial charge in [0.05, 0.1) is 11.0 Å². The zero-order valence-corrected chi connectivity index (χ0v) is 20.3. The summed E-state index contributed by atoms with van der Waals surface area (Å²) < 4.78 is 16.1. The first-order valence-electron chi connectivity index (χ1n) is 10.6. The first kappa shape index (κ1) is 24.1. The molecule has 0 fully saturated rings. The van der Waals surface area contributed by atoms with Crippen LogP contribution < -0.4 is 16.0 Å². The number of nitrogens with two attached hydrogens (primary N) is 1. The Morgan fingerprint density at radius 3 is 2.49 bits per heavy atom. The van der Waals surface area contributed by atoms with Gasteiger partial charge in [0.25, 0.3) is 11.8 Å². The molecular weight excluding hydrogens is 517 g/mol. The van der Waals surface area contributed by atoms with Gasteiger partial charge in [-0.15, -0.1) is 0 Å². The molecule has 35 heavy (non-hydrogen) atoms. The van der Waals surface area contributed by atoms with Crippen LogP contribution in [-0.4, -0.2) is 34.3 Å². The maximum Gasteiger partial charge on any atom is 0.258 e. The first-order valence-corrected chi connectivity index (χ1v) is 11.4. The lowest BCUT2D eigenvalue weighted by atomic mass is 10.1. The fourth-order valence-electron chi connectivity index (χ4n) is 3.58. The third kappa shape index (κ3) is 5.38. The van der Waals surface area contributed by atoms with Crippen molar-refractivity contribution in [2.45, 2.75) is 13.0 Å². The molecule has 10 heteroatoms. The van der Waals surface area contributed by atoms with E-state index in [2.05, 4.69) is 26.2 Å². The van der Waals surface area contributed by atoms with Crippen LogP contribution in [0.4, 0.5) is 16.0 Å². The largest absolute Gasteiger partial charge is 0.370 e. The summed E-state index contributed by atoms with van der Waals surface area (Å²) in [6, 6.07) is 17.4. The molecular formula is C25H21BrFN5O3. The second-order valence-corrected chi connectivity index (χ2v) is 8.73. The van der Waals surface area contributed by atoms with Crippen LogP contribution >= 0.6 is 15.9 Å². The third-order valence-corrected chi connectivity index (χ3v) is 5.94. The minimum atomic E-state index is -0.501. The lowest BCUT2D eigenvalue weighted by Gasteiger charge is -2.17. The van der Waals surface area contributed by atoms with Crippen molar-refractivity contribution in [1.82, 2.24) is 9.55 Å². The van der Waals surface area contributed by atoms with Crippen molar-refractivity contribution in [3.05, 3.63) is 88.1 Å². The molecule has 4 rings (SSSR count). The lowest BCUT2D eigenvalue weighted by Crippen LogP contribution is -2.26. The van der Waals surface area contributed by atoms with E-state index in [1.807, 2.05) is 0 Å². The first-order chi connectivity index (χ1) is 16.7. The van der Waals surface area contributed by atoms with Crippen molar-refractivity contribution in [3.8, 4) is 0 Å². The topological polar surface area (TPSA) is 110 Å². The van der Waals surface area contributed by atoms with E-state index in [0.717, 1.165) is 4.47 Å². The number of halogens is 2. The molecule has 0 aliphatic carbocycles. The Labute approximate surface area is 208 Å². The number of amides is 3. The SMILES string of the molecule is CN(C(=O)c1cccc(F)c1)c1ccc2c(c1)nc(NC(=O)c1ccc(Br)cc1)n2CCC(N)=O. The molecule has 1 aromatic heterocycles. The number of rotatable bonds is 7. The summed E-state index contributed by atoms with van der Waals surface area (Å²) in [4.78, 5) is 43.0. The Kier molecular flexibility index (Phi) is 6.92. The van der Waals surface area contributed by atoms with Crippen molar-refractivity contribution in [2.24, 2.45) is 5.73 Å². The van der Waals surface area contributed by atoms with Gasteiger partial charge in [-0.1, -0.05) is 22.0 Å². The number of nitrogens with zero attached hydrogens (tertiary/aromatic N) is 3. The summed E-state index contributed by atoms with van der Waals surface area (Å²) in [6.07, 6.45) is 0.0479. The van der Waals surface area contributed by atoms with Gasteiger partial charge in [0, 0.05) is 41.3 Å². The second kappa shape index (κ2) is 10.1. The summed E-state index contributed by atoms with van der Waals surface area (Å²) in [5.41, 5.74) is 7.65. The molecule has 8 nitrogen and oxygen atoms in total. The number of carbonyl (C=O) groups is 3. The molecule has 0 spiro atoms. The fraction of sp³-hybridized carbons (Fsp3) is 0.120. The Balaban J connectivity index is 1.67. The average Bonchev–Trinajstić information content (AvgIpc) is 3.18. The number of aromatic nitrogens is 2. The van der Waals surface area contributed by atoms with Crippen molar-refractivity contribution < 1.29 is 18.8 Å². The van der Waals surface area contributed by atoms with E-state index in [9.17, 15) is 18.8 Å². The minimum Gasteiger partial charge on any atom is -0.370 e. The van der Waals surface area contributed by atoms with Crippen LogP contribution in [0.2, 0.25) is 0 Å². The molecule has 3 N–H and O–H groups in total. The van der Waals surface area contributed by atoms with Crippen molar-refractivity contribution in [3.63, 3.8) is 0 Å². The van der Waals surface area contributed by atoms with E-state index in [4.69, 9.17) is 5.73 Å². The molecule has 178 valence electrons. The maximum absolute atomic E-state index is 13.6. The molecule has 0 radical (unpaired) electrons. The van der Waals surface area contributed by atoms with E-state index >= 15 is 0 Å². The molecule has 1 heterocycles. The molecule has 0 saturated carbocycles. The third-order valence-electron chi connectivity index (χ3n) is 5.41. The van der Waals surface area contributed by atoms with E-state index in [-0.39, 0.29) is 36.3 Å². The van der Waals surface area contributed by atoms with Gasteiger partial charge in [-0.3, -0.25) is 19.7 Å². The Hall–Kier alpha value is -4.05. The Bertz CT molecular complexity index is 1440. The summed E-state index contributed by atoms with van der Waals surface area (Å²) >= 11 is 3.34. The van der Waals surface area contributed by atoms with Gasteiger partial charge in [-0.25, -0.2) is 9.37 Å². The molecule has 4 aromatic rings. The van der Waals surface area contributed by atoms with Crippen molar-refractivity contribution in [1.29, 1.82) is 0 Å². The molecule has 3 amide bonds. The second-order valence-electron chi connectivity index (χ2n) is 7.81. The molecule has 0 bridgehead atoms. The van der Waals surface area contributed by atoms with E-state index < -0.39 is 11.7 Å². The van der Waals surface area contributed by atoms with Crippen LogP contribution in [0.5, 0.6) is 0 Å². The highest BCUT2D eigenvalue weighted by atomic mass is 79.9. The summed E-state index contributed by atoms with van der Waals surface area (Å²) in [5, 5.41) is 2.79. The van der Waals surface area contributed by atoms with Crippen LogP contribution in [0.25, 0.3) is 11.0 Å². The van der Waals surface area contributed by atoms with Gasteiger partial charge in [0.2, 0.25) is 11.9 Å². The van der Waals surface area contributed by atoms with Gasteiger partial charge >= 0.3 is 0 Å². The number of nitrogens with one attached hydrogen (secondary N) is 1. The van der Waals surface area contributed by atoms with Gasteiger partial charge in [0.1, 0.15) is 5.82 Å². The molecule has 0 atom stereocenters. The molecule has 0 saturated heterocycles. The van der Waals surface area contributed by atoms with Crippen LogP contribution in [0, 0.1) is 5.82 Å². The van der Waals surface area contributed by atoms with E-state index in [1.165, 1.54) is 29.2 Å². The number of hydrogen-bond acceptors (Lipinski definition) is 4. The monoisotopic (exact) mass is 537 g/mol. The Morgan fingerprint density at radius 1 is 1.06 bits per heavy atom. The number of aryl methyl sites for hydroxylation is 1. The summed E-state index contributed by atoms with van der Waals surface area (Å²) in [6.45, 7) is 0.208. The zero-order valence-electron chi connectivity index (χ0n) is 18.7. The maximum atomic E-state index is 13.6. The number of primary amides is 1. The number of hydrogen-bond donors (Lipinski definition) is 2. The predicted octanol–water partition coefficient (Wildman–Crippen LogP) is 4.34. The smallest absolute Gasteiger partial charge is 0.258 e. The highest BCUT2D eigenvalue weighted by Crippen LogP contribution is 2.26. The molecule has 0 unspecified atom stereocenters. The van der Waals surface area contributed by atoms with Crippen LogP contribution in [0.15, 0.2) is 71.2 Å². The minimum absolute atomic E-state index is 0.0479. The van der Waals surface area contributed by atoms with Crippen molar-refractivity contribution >= 4 is 56.3 Å². The molecule has 0 aliphatic heterocycles. The number of anilines is 2. The quantitative estimate of drug-likeness (QED) is 0.365. The number of imidazole rings is 1. The van der Waals surface area contributed by atoms with Crippen LogP contribution in [-0.2, 0) is 11.3 Å². The number of benzene rings is 3. The highest BCUT2D eigenvalue weighted by molar-refractivity contribution is 9.10. The standard InChI is InChI=1S/C25H21BrFN5O3/c1-31(24(35)16-3-2-4-18(27)13-16)19-9-10-21-20(14-19)29-25(32(21)12-11-22(28)33)30-23(34)15-5-7-17(26)8-6-15/h2-10,13-14H,11-12H2,1H3,(H2,28,33)(H,29,30,34). The van der Waals surface area contributed by atoms with Gasteiger partial charge in [0.15, 0.2) is 0 Å². The predicted molar refractivity (Wildman–Crippen MR) is 135 cm³/mol. The van der Waals surface area contributed by atoms with Gasteiger partial charge < -0.3 is 15.2 Å². The fourth-order valence-corrected chi connectivity index (χ4v) is 3.84. The zero-order chi connectivity index (χ0) is 25.1. The normalized spacial score (nSPS) is 10.8. The van der Waals surface area contributed by atoms with Gasteiger partial charge in [-0.2, -0.15) is 0 Å². The van der Waals surface area contributed by atoms with Crippen LogP contribution in [0.1, 0.15) is 27.1 Å². The average molecular weight is 538 g/mol. The number of carbonyl (C=O) groups excluding carboxylic acids is 3. The number of fused-ring (bicyclic) bond motifs is 1. The van der Waals surface area contributed by atoms with Gasteiger partial charge in [-0.05, 0) is 60.7 Å². The summed E-state index contributed by atoms with van der Waals surface area (Å²) in [7, 11) is 1.58. The molecule has 0 aliphatic rings. The highest BCUT2D eigenvalue weighted by Gasteiger charge is 2.19. The molecule has 3 aromatic carbocycles.